The molecule has 2 aliphatic rings. The average Bonchev–Trinajstić information content (AvgIpc) is 2.83. The van der Waals surface area contributed by atoms with Crippen molar-refractivity contribution in [2.75, 3.05) is 18.0 Å². The highest BCUT2D eigenvalue weighted by Gasteiger charge is 2.25. The molecule has 2 heterocycles. The number of hydrogen-bond donors (Lipinski definition) is 1. The van der Waals surface area contributed by atoms with Crippen LogP contribution in [0.15, 0.2) is 6.07 Å². The normalized spacial score (nSPS) is 26.1. The highest BCUT2D eigenvalue weighted by Crippen LogP contribution is 2.27. The highest BCUT2D eigenvalue weighted by molar-refractivity contribution is 5.57. The Morgan fingerprint density at radius 1 is 1.32 bits per heavy atom. The van der Waals surface area contributed by atoms with E-state index >= 15 is 0 Å². The summed E-state index contributed by atoms with van der Waals surface area (Å²) in [6, 6.07) is 5.26. The van der Waals surface area contributed by atoms with E-state index in [9.17, 15) is 5.26 Å². The van der Waals surface area contributed by atoms with Gasteiger partial charge in [-0.05, 0) is 44.7 Å². The van der Waals surface area contributed by atoms with Crippen molar-refractivity contribution in [3.8, 4) is 6.07 Å². The summed E-state index contributed by atoms with van der Waals surface area (Å²) in [5.41, 5.74) is 3.21. The molecule has 1 aliphatic heterocycles. The Morgan fingerprint density at radius 3 is 2.74 bits per heavy atom. The first kappa shape index (κ1) is 12.4. The number of pyridine rings is 1. The molecular formula is C15H20N4. The molecule has 1 aliphatic carbocycles. The lowest BCUT2D eigenvalue weighted by molar-refractivity contribution is 0.405. The molecule has 0 spiro atoms. The second kappa shape index (κ2) is 4.82. The zero-order valence-corrected chi connectivity index (χ0v) is 11.6. The van der Waals surface area contributed by atoms with Gasteiger partial charge in [-0.2, -0.15) is 5.26 Å². The van der Waals surface area contributed by atoms with Gasteiger partial charge in [0.05, 0.1) is 5.56 Å². The molecule has 2 unspecified atom stereocenters. The number of piperazine rings is 1. The summed E-state index contributed by atoms with van der Waals surface area (Å²) in [7, 11) is 0. The maximum absolute atomic E-state index is 9.38. The van der Waals surface area contributed by atoms with E-state index in [1.54, 1.807) is 0 Å². The van der Waals surface area contributed by atoms with E-state index in [4.69, 9.17) is 4.98 Å². The minimum atomic E-state index is 0.436. The lowest BCUT2D eigenvalue weighted by Gasteiger charge is -2.37. The summed E-state index contributed by atoms with van der Waals surface area (Å²) in [6.07, 6.45) is 3.31. The van der Waals surface area contributed by atoms with Crippen LogP contribution in [0, 0.1) is 11.3 Å². The molecular weight excluding hydrogens is 236 g/mol. The molecule has 1 saturated heterocycles. The quantitative estimate of drug-likeness (QED) is 0.829. The number of nitriles is 1. The molecule has 1 N–H and O–H groups in total. The molecule has 3 rings (SSSR count). The Kier molecular flexibility index (Phi) is 3.16. The molecule has 0 radical (unpaired) electrons. The number of nitrogens with one attached hydrogen (secondary N) is 1. The van der Waals surface area contributed by atoms with Crippen LogP contribution < -0.4 is 10.2 Å². The van der Waals surface area contributed by atoms with Gasteiger partial charge in [0.25, 0.3) is 0 Å². The SMILES string of the molecule is CC1CN(c2nc3c(cc2C#N)CCC3)CC(C)N1. The summed E-state index contributed by atoms with van der Waals surface area (Å²) in [6.45, 7) is 6.21. The molecule has 4 nitrogen and oxygen atoms in total. The minimum absolute atomic E-state index is 0.436. The first-order valence-corrected chi connectivity index (χ1v) is 7.11. The van der Waals surface area contributed by atoms with E-state index in [1.807, 2.05) is 0 Å². The minimum Gasteiger partial charge on any atom is -0.352 e. The van der Waals surface area contributed by atoms with Gasteiger partial charge in [-0.3, -0.25) is 0 Å². The van der Waals surface area contributed by atoms with Gasteiger partial charge in [0, 0.05) is 30.9 Å². The standard InChI is InChI=1S/C15H20N4/c1-10-8-19(9-11(2)17-10)15-13(7-16)6-12-4-3-5-14(12)18-15/h6,10-11,17H,3-5,8-9H2,1-2H3. The molecule has 0 amide bonds. The molecule has 100 valence electrons. The van der Waals surface area contributed by atoms with Gasteiger partial charge in [0.2, 0.25) is 0 Å². The number of aromatic nitrogens is 1. The van der Waals surface area contributed by atoms with Gasteiger partial charge in [-0.25, -0.2) is 4.98 Å². The monoisotopic (exact) mass is 256 g/mol. The van der Waals surface area contributed by atoms with Crippen LogP contribution in [0.2, 0.25) is 0 Å². The molecule has 0 aromatic carbocycles. The lowest BCUT2D eigenvalue weighted by atomic mass is 10.1. The van der Waals surface area contributed by atoms with E-state index in [0.717, 1.165) is 37.3 Å². The fraction of sp³-hybridized carbons (Fsp3) is 0.600. The molecule has 0 bridgehead atoms. The summed E-state index contributed by atoms with van der Waals surface area (Å²) in [4.78, 5) is 7.06. The average molecular weight is 256 g/mol. The molecule has 2 atom stereocenters. The largest absolute Gasteiger partial charge is 0.352 e. The number of nitrogens with zero attached hydrogens (tertiary/aromatic N) is 3. The second-order valence-corrected chi connectivity index (χ2v) is 5.80. The van der Waals surface area contributed by atoms with Gasteiger partial charge in [0.15, 0.2) is 0 Å². The zero-order chi connectivity index (χ0) is 13.4. The smallest absolute Gasteiger partial charge is 0.146 e. The fourth-order valence-electron chi connectivity index (χ4n) is 3.28. The molecule has 4 heteroatoms. The third-order valence-electron chi connectivity index (χ3n) is 4.01. The number of anilines is 1. The van der Waals surface area contributed by atoms with Crippen LogP contribution >= 0.6 is 0 Å². The van der Waals surface area contributed by atoms with Crippen LogP contribution in [0.25, 0.3) is 0 Å². The van der Waals surface area contributed by atoms with Gasteiger partial charge >= 0.3 is 0 Å². The van der Waals surface area contributed by atoms with Gasteiger partial charge in [-0.15, -0.1) is 0 Å². The number of rotatable bonds is 1. The van der Waals surface area contributed by atoms with Crippen molar-refractivity contribution in [1.82, 2.24) is 10.3 Å². The fourth-order valence-corrected chi connectivity index (χ4v) is 3.28. The predicted octanol–water partition coefficient (Wildman–Crippen LogP) is 1.63. The zero-order valence-electron chi connectivity index (χ0n) is 11.6. The summed E-state index contributed by atoms with van der Waals surface area (Å²) >= 11 is 0. The van der Waals surface area contributed by atoms with Gasteiger partial charge in [0.1, 0.15) is 11.9 Å². The van der Waals surface area contributed by atoms with Gasteiger partial charge < -0.3 is 10.2 Å². The number of fused-ring (bicyclic) bond motifs is 1. The Bertz CT molecular complexity index is 522. The Morgan fingerprint density at radius 2 is 2.05 bits per heavy atom. The summed E-state index contributed by atoms with van der Waals surface area (Å²) < 4.78 is 0. The lowest BCUT2D eigenvalue weighted by Crippen LogP contribution is -2.54. The summed E-state index contributed by atoms with van der Waals surface area (Å²) in [5, 5.41) is 12.9. The van der Waals surface area contributed by atoms with E-state index in [-0.39, 0.29) is 0 Å². The van der Waals surface area contributed by atoms with Crippen molar-refractivity contribution in [1.29, 1.82) is 5.26 Å². The van der Waals surface area contributed by atoms with Crippen LogP contribution in [0.4, 0.5) is 5.82 Å². The molecule has 0 saturated carbocycles. The van der Waals surface area contributed by atoms with E-state index < -0.39 is 0 Å². The Balaban J connectivity index is 1.97. The van der Waals surface area contributed by atoms with Crippen molar-refractivity contribution in [3.63, 3.8) is 0 Å². The van der Waals surface area contributed by atoms with E-state index in [0.29, 0.717) is 12.1 Å². The van der Waals surface area contributed by atoms with Crippen LogP contribution in [0.3, 0.4) is 0 Å². The van der Waals surface area contributed by atoms with Crippen molar-refractivity contribution in [3.05, 3.63) is 22.9 Å². The van der Waals surface area contributed by atoms with Crippen LogP contribution in [-0.2, 0) is 12.8 Å². The van der Waals surface area contributed by atoms with Crippen LogP contribution in [-0.4, -0.2) is 30.2 Å². The van der Waals surface area contributed by atoms with Crippen molar-refractivity contribution >= 4 is 5.82 Å². The van der Waals surface area contributed by atoms with Crippen molar-refractivity contribution in [2.24, 2.45) is 0 Å². The number of hydrogen-bond acceptors (Lipinski definition) is 4. The van der Waals surface area contributed by atoms with Gasteiger partial charge in [-0.1, -0.05) is 0 Å². The molecule has 1 fully saturated rings. The maximum Gasteiger partial charge on any atom is 0.146 e. The van der Waals surface area contributed by atoms with Crippen LogP contribution in [0.5, 0.6) is 0 Å². The van der Waals surface area contributed by atoms with E-state index in [2.05, 4.69) is 36.2 Å². The molecule has 1 aromatic heterocycles. The van der Waals surface area contributed by atoms with Crippen molar-refractivity contribution < 1.29 is 0 Å². The Hall–Kier alpha value is -1.60. The predicted molar refractivity (Wildman–Crippen MR) is 75.2 cm³/mol. The Labute approximate surface area is 114 Å². The molecule has 1 aromatic rings. The number of aryl methyl sites for hydroxylation is 2. The first-order valence-electron chi connectivity index (χ1n) is 7.11. The van der Waals surface area contributed by atoms with Crippen molar-refractivity contribution in [2.45, 2.75) is 45.2 Å². The topological polar surface area (TPSA) is 52.0 Å². The maximum atomic E-state index is 9.38. The second-order valence-electron chi connectivity index (χ2n) is 5.80. The third kappa shape index (κ3) is 2.31. The molecule has 19 heavy (non-hydrogen) atoms. The summed E-state index contributed by atoms with van der Waals surface area (Å²) in [5.74, 6) is 0.892. The third-order valence-corrected chi connectivity index (χ3v) is 4.01. The highest BCUT2D eigenvalue weighted by atomic mass is 15.3. The van der Waals surface area contributed by atoms with Crippen LogP contribution in [0.1, 0.15) is 37.1 Å². The van der Waals surface area contributed by atoms with E-state index in [1.165, 1.54) is 17.7 Å². The first-order chi connectivity index (χ1) is 9.17.